The van der Waals surface area contributed by atoms with Gasteiger partial charge in [0.15, 0.2) is 0 Å². The number of nitrogens with zero attached hydrogens (tertiary/aromatic N) is 1. The Balaban J connectivity index is 2.35. The maximum absolute atomic E-state index is 12.4. The molecule has 0 radical (unpaired) electrons. The molecule has 0 saturated heterocycles. The lowest BCUT2D eigenvalue weighted by Crippen LogP contribution is -2.17. The molecule has 2 rings (SSSR count). The van der Waals surface area contributed by atoms with Crippen molar-refractivity contribution in [3.05, 3.63) is 29.6 Å². The molecule has 0 spiro atoms. The van der Waals surface area contributed by atoms with Gasteiger partial charge in [0.1, 0.15) is 5.69 Å². The molecule has 1 aromatic rings. The number of halogens is 3. The van der Waals surface area contributed by atoms with Crippen LogP contribution in [0.15, 0.2) is 18.2 Å². The van der Waals surface area contributed by atoms with Crippen molar-refractivity contribution >= 4 is 0 Å². The van der Waals surface area contributed by atoms with Crippen LogP contribution in [0.2, 0.25) is 0 Å². The van der Waals surface area contributed by atoms with Crippen molar-refractivity contribution in [2.24, 2.45) is 0 Å². The van der Waals surface area contributed by atoms with E-state index in [1.165, 1.54) is 6.07 Å². The van der Waals surface area contributed by atoms with Crippen LogP contribution in [0.4, 0.5) is 13.2 Å². The molecule has 1 aromatic heterocycles. The third-order valence-corrected chi connectivity index (χ3v) is 2.74. The van der Waals surface area contributed by atoms with Crippen LogP contribution in [-0.4, -0.2) is 16.7 Å². The van der Waals surface area contributed by atoms with E-state index in [1.807, 2.05) is 0 Å². The van der Waals surface area contributed by atoms with Crippen molar-refractivity contribution in [1.82, 2.24) is 4.98 Å². The van der Waals surface area contributed by atoms with Gasteiger partial charge in [-0.2, -0.15) is 13.2 Å². The van der Waals surface area contributed by atoms with Gasteiger partial charge in [0.25, 0.3) is 0 Å². The molecule has 1 saturated carbocycles. The largest absolute Gasteiger partial charge is 0.433 e. The van der Waals surface area contributed by atoms with Gasteiger partial charge in [-0.05, 0) is 25.0 Å². The normalized spacial score (nSPS) is 18.9. The zero-order valence-corrected chi connectivity index (χ0v) is 7.88. The minimum atomic E-state index is -4.42. The fourth-order valence-corrected chi connectivity index (χ4v) is 1.53. The molecule has 1 aliphatic rings. The zero-order chi connectivity index (χ0) is 11.1. The highest BCUT2D eigenvalue weighted by Crippen LogP contribution is 2.47. The first-order valence-electron chi connectivity index (χ1n) is 4.64. The second kappa shape index (κ2) is 3.20. The Hall–Kier alpha value is -1.10. The van der Waals surface area contributed by atoms with Crippen molar-refractivity contribution in [3.63, 3.8) is 0 Å². The number of alkyl halides is 3. The molecule has 15 heavy (non-hydrogen) atoms. The molecule has 0 atom stereocenters. The highest BCUT2D eigenvalue weighted by Gasteiger charge is 2.46. The summed E-state index contributed by atoms with van der Waals surface area (Å²) in [7, 11) is 0. The molecule has 1 fully saturated rings. The monoisotopic (exact) mass is 217 g/mol. The summed E-state index contributed by atoms with van der Waals surface area (Å²) in [4.78, 5) is 3.56. The van der Waals surface area contributed by atoms with Crippen molar-refractivity contribution in [2.75, 3.05) is 6.61 Å². The number of aromatic nitrogens is 1. The molecule has 82 valence electrons. The predicted octanol–water partition coefficient (Wildman–Crippen LogP) is 2.12. The summed E-state index contributed by atoms with van der Waals surface area (Å²) in [5.74, 6) is 0. The van der Waals surface area contributed by atoms with Gasteiger partial charge in [-0.15, -0.1) is 0 Å². The molecule has 2 nitrogen and oxygen atoms in total. The number of rotatable bonds is 2. The molecule has 0 amide bonds. The molecule has 1 heterocycles. The van der Waals surface area contributed by atoms with Gasteiger partial charge >= 0.3 is 6.18 Å². The fraction of sp³-hybridized carbons (Fsp3) is 0.500. The topological polar surface area (TPSA) is 33.1 Å². The van der Waals surface area contributed by atoms with E-state index in [1.54, 1.807) is 6.07 Å². The third-order valence-electron chi connectivity index (χ3n) is 2.74. The highest BCUT2D eigenvalue weighted by molar-refractivity contribution is 5.27. The second-order valence-electron chi connectivity index (χ2n) is 3.84. The van der Waals surface area contributed by atoms with Crippen LogP contribution in [0.5, 0.6) is 0 Å². The molecule has 0 unspecified atom stereocenters. The average Bonchev–Trinajstić information content (AvgIpc) is 2.97. The summed E-state index contributed by atoms with van der Waals surface area (Å²) < 4.78 is 37.1. The lowest BCUT2D eigenvalue weighted by molar-refractivity contribution is -0.141. The SMILES string of the molecule is OCC1(c2cccc(C(F)(F)F)n2)CC1. The Morgan fingerprint density at radius 2 is 2.00 bits per heavy atom. The summed E-state index contributed by atoms with van der Waals surface area (Å²) in [6.07, 6.45) is -3.00. The van der Waals surface area contributed by atoms with E-state index in [4.69, 9.17) is 5.11 Å². The maximum atomic E-state index is 12.4. The summed E-state index contributed by atoms with van der Waals surface area (Å²) >= 11 is 0. The summed E-state index contributed by atoms with van der Waals surface area (Å²) in [5, 5.41) is 9.08. The molecule has 0 aliphatic heterocycles. The summed E-state index contributed by atoms with van der Waals surface area (Å²) in [5.41, 5.74) is -1.05. The minimum Gasteiger partial charge on any atom is -0.395 e. The van der Waals surface area contributed by atoms with Crippen LogP contribution in [0.1, 0.15) is 24.2 Å². The second-order valence-corrected chi connectivity index (χ2v) is 3.84. The van der Waals surface area contributed by atoms with Gasteiger partial charge in [0.2, 0.25) is 0 Å². The van der Waals surface area contributed by atoms with E-state index in [0.717, 1.165) is 6.07 Å². The van der Waals surface area contributed by atoms with Crippen LogP contribution < -0.4 is 0 Å². The number of pyridine rings is 1. The lowest BCUT2D eigenvalue weighted by Gasteiger charge is -2.13. The van der Waals surface area contributed by atoms with Gasteiger partial charge in [0, 0.05) is 11.1 Å². The van der Waals surface area contributed by atoms with Gasteiger partial charge in [-0.3, -0.25) is 0 Å². The molecule has 5 heteroatoms. The lowest BCUT2D eigenvalue weighted by atomic mass is 10.0. The Morgan fingerprint density at radius 3 is 2.47 bits per heavy atom. The van der Waals surface area contributed by atoms with Crippen LogP contribution >= 0.6 is 0 Å². The van der Waals surface area contributed by atoms with Crippen molar-refractivity contribution in [2.45, 2.75) is 24.4 Å². The Morgan fingerprint density at radius 1 is 1.33 bits per heavy atom. The Bertz CT molecular complexity index is 371. The van der Waals surface area contributed by atoms with Crippen molar-refractivity contribution < 1.29 is 18.3 Å². The van der Waals surface area contributed by atoms with Crippen LogP contribution in [0, 0.1) is 0 Å². The van der Waals surface area contributed by atoms with E-state index in [-0.39, 0.29) is 6.61 Å². The first kappa shape index (κ1) is 10.4. The number of aliphatic hydroxyl groups is 1. The number of aliphatic hydroxyl groups excluding tert-OH is 1. The summed E-state index contributed by atoms with van der Waals surface area (Å²) in [6, 6.07) is 3.82. The van der Waals surface area contributed by atoms with E-state index in [0.29, 0.717) is 18.5 Å². The van der Waals surface area contributed by atoms with Crippen LogP contribution in [-0.2, 0) is 11.6 Å². The molecule has 1 N–H and O–H groups in total. The quantitative estimate of drug-likeness (QED) is 0.823. The van der Waals surface area contributed by atoms with Crippen molar-refractivity contribution in [3.8, 4) is 0 Å². The van der Waals surface area contributed by atoms with E-state index >= 15 is 0 Å². The van der Waals surface area contributed by atoms with E-state index in [9.17, 15) is 13.2 Å². The minimum absolute atomic E-state index is 0.138. The molecular weight excluding hydrogens is 207 g/mol. The van der Waals surface area contributed by atoms with Gasteiger partial charge in [0.05, 0.1) is 6.61 Å². The molecule has 0 aromatic carbocycles. The summed E-state index contributed by atoms with van der Waals surface area (Å²) in [6.45, 7) is -0.138. The third kappa shape index (κ3) is 1.84. The first-order chi connectivity index (χ1) is 6.98. The van der Waals surface area contributed by atoms with E-state index < -0.39 is 17.3 Å². The Labute approximate surface area is 84.8 Å². The number of hydrogen-bond acceptors (Lipinski definition) is 2. The zero-order valence-electron chi connectivity index (χ0n) is 7.88. The van der Waals surface area contributed by atoms with Gasteiger partial charge in [-0.1, -0.05) is 6.07 Å². The smallest absolute Gasteiger partial charge is 0.395 e. The molecule has 0 bridgehead atoms. The standard InChI is InChI=1S/C10H10F3NO/c11-10(12,13)8-3-1-2-7(14-8)9(6-15)4-5-9/h1-3,15H,4-6H2. The van der Waals surface area contributed by atoms with Gasteiger partial charge < -0.3 is 5.11 Å². The molecular formula is C10H10F3NO. The highest BCUT2D eigenvalue weighted by atomic mass is 19.4. The predicted molar refractivity (Wildman–Crippen MR) is 47.2 cm³/mol. The number of hydrogen-bond donors (Lipinski definition) is 1. The van der Waals surface area contributed by atoms with Crippen LogP contribution in [0.3, 0.4) is 0 Å². The molecule has 1 aliphatic carbocycles. The van der Waals surface area contributed by atoms with Crippen molar-refractivity contribution in [1.29, 1.82) is 0 Å². The van der Waals surface area contributed by atoms with Gasteiger partial charge in [-0.25, -0.2) is 4.98 Å². The Kier molecular flexibility index (Phi) is 2.22. The average molecular weight is 217 g/mol. The van der Waals surface area contributed by atoms with E-state index in [2.05, 4.69) is 4.98 Å². The fourth-order valence-electron chi connectivity index (χ4n) is 1.53. The van der Waals surface area contributed by atoms with Crippen LogP contribution in [0.25, 0.3) is 0 Å². The first-order valence-corrected chi connectivity index (χ1v) is 4.64. The maximum Gasteiger partial charge on any atom is 0.433 e.